The molecule has 1 saturated carbocycles. The highest BCUT2D eigenvalue weighted by Crippen LogP contribution is 2.42. The molecule has 1 aliphatic heterocycles. The van der Waals surface area contributed by atoms with E-state index in [2.05, 4.69) is 14.8 Å². The molecule has 6 heteroatoms. The van der Waals surface area contributed by atoms with Crippen LogP contribution < -0.4 is 0 Å². The molecule has 25 heavy (non-hydrogen) atoms. The van der Waals surface area contributed by atoms with Crippen LogP contribution in [-0.4, -0.2) is 38.7 Å². The Labute approximate surface area is 152 Å². The van der Waals surface area contributed by atoms with E-state index in [1.165, 1.54) is 19.3 Å². The van der Waals surface area contributed by atoms with E-state index in [-0.39, 0.29) is 11.2 Å². The largest absolute Gasteiger partial charge is 0.341 e. The number of amides is 1. The normalized spacial score (nSPS) is 19.0. The number of hydrogen-bond acceptors (Lipinski definition) is 4. The van der Waals surface area contributed by atoms with E-state index >= 15 is 0 Å². The number of likely N-dealkylation sites (tertiary alicyclic amines) is 1. The SMILES string of the molecule is Cc1nnc(S[C@H](C(=O)N2CCCCC2)c2ccccc2)n1C1CC1. The molecule has 1 saturated heterocycles. The molecule has 1 aliphatic carbocycles. The number of benzene rings is 1. The number of rotatable bonds is 5. The van der Waals surface area contributed by atoms with E-state index < -0.39 is 0 Å². The maximum Gasteiger partial charge on any atom is 0.240 e. The number of nitrogens with zero attached hydrogens (tertiary/aromatic N) is 4. The summed E-state index contributed by atoms with van der Waals surface area (Å²) in [4.78, 5) is 15.3. The minimum Gasteiger partial charge on any atom is -0.341 e. The highest BCUT2D eigenvalue weighted by Gasteiger charge is 2.33. The van der Waals surface area contributed by atoms with E-state index in [1.54, 1.807) is 11.8 Å². The van der Waals surface area contributed by atoms with Gasteiger partial charge in [-0.3, -0.25) is 4.79 Å². The Morgan fingerprint density at radius 3 is 2.52 bits per heavy atom. The lowest BCUT2D eigenvalue weighted by Gasteiger charge is -2.30. The van der Waals surface area contributed by atoms with Crippen LogP contribution in [0.1, 0.15) is 54.8 Å². The summed E-state index contributed by atoms with van der Waals surface area (Å²) in [7, 11) is 0. The van der Waals surface area contributed by atoms with Crippen molar-refractivity contribution in [2.75, 3.05) is 13.1 Å². The molecule has 1 aromatic carbocycles. The number of aromatic nitrogens is 3. The number of piperidine rings is 1. The molecule has 132 valence electrons. The lowest BCUT2D eigenvalue weighted by molar-refractivity contribution is -0.131. The van der Waals surface area contributed by atoms with Crippen molar-refractivity contribution in [2.24, 2.45) is 0 Å². The van der Waals surface area contributed by atoms with Gasteiger partial charge < -0.3 is 9.47 Å². The van der Waals surface area contributed by atoms with Crippen molar-refractivity contribution in [1.82, 2.24) is 19.7 Å². The van der Waals surface area contributed by atoms with Gasteiger partial charge in [0.15, 0.2) is 5.16 Å². The first kappa shape index (κ1) is 16.6. The van der Waals surface area contributed by atoms with Crippen LogP contribution in [0, 0.1) is 6.92 Å². The van der Waals surface area contributed by atoms with Crippen LogP contribution >= 0.6 is 11.8 Å². The second kappa shape index (κ2) is 7.20. The quantitative estimate of drug-likeness (QED) is 0.765. The summed E-state index contributed by atoms with van der Waals surface area (Å²) in [5.74, 6) is 1.15. The summed E-state index contributed by atoms with van der Waals surface area (Å²) in [6.45, 7) is 3.74. The molecule has 1 amide bonds. The molecule has 0 bridgehead atoms. The Kier molecular flexibility index (Phi) is 4.79. The maximum atomic E-state index is 13.3. The van der Waals surface area contributed by atoms with E-state index in [4.69, 9.17) is 0 Å². The molecule has 1 atom stereocenters. The van der Waals surface area contributed by atoms with Crippen molar-refractivity contribution in [2.45, 2.75) is 55.5 Å². The fraction of sp³-hybridized carbons (Fsp3) is 0.526. The van der Waals surface area contributed by atoms with E-state index in [9.17, 15) is 4.79 Å². The van der Waals surface area contributed by atoms with Gasteiger partial charge in [0.2, 0.25) is 5.91 Å². The monoisotopic (exact) mass is 356 g/mol. The Morgan fingerprint density at radius 1 is 1.12 bits per heavy atom. The summed E-state index contributed by atoms with van der Waals surface area (Å²) >= 11 is 1.56. The van der Waals surface area contributed by atoms with Gasteiger partial charge in [-0.1, -0.05) is 42.1 Å². The first-order chi connectivity index (χ1) is 12.2. The third-order valence-corrected chi connectivity index (χ3v) is 6.16. The van der Waals surface area contributed by atoms with E-state index in [0.29, 0.717) is 6.04 Å². The first-order valence-corrected chi connectivity index (χ1v) is 10.0. The highest BCUT2D eigenvalue weighted by molar-refractivity contribution is 8.00. The van der Waals surface area contributed by atoms with Gasteiger partial charge in [-0.2, -0.15) is 0 Å². The number of hydrogen-bond donors (Lipinski definition) is 0. The standard InChI is InChI=1S/C19H24N4OS/c1-14-20-21-19(23(14)16-10-11-16)25-17(15-8-4-2-5-9-15)18(24)22-12-6-3-7-13-22/h2,4-5,8-9,16-17H,3,6-7,10-13H2,1H3/t17-/m0/s1. The minimum atomic E-state index is -0.250. The summed E-state index contributed by atoms with van der Waals surface area (Å²) in [5.41, 5.74) is 1.05. The van der Waals surface area contributed by atoms with Crippen molar-refractivity contribution in [3.8, 4) is 0 Å². The molecule has 0 N–H and O–H groups in total. The fourth-order valence-corrected chi connectivity index (χ4v) is 4.69. The first-order valence-electron chi connectivity index (χ1n) is 9.16. The van der Waals surface area contributed by atoms with Gasteiger partial charge >= 0.3 is 0 Å². The highest BCUT2D eigenvalue weighted by atomic mass is 32.2. The molecule has 0 spiro atoms. The van der Waals surface area contributed by atoms with E-state index in [0.717, 1.165) is 42.5 Å². The number of aryl methyl sites for hydroxylation is 1. The van der Waals surface area contributed by atoms with Crippen LogP contribution in [0.3, 0.4) is 0 Å². The zero-order valence-electron chi connectivity index (χ0n) is 14.6. The Morgan fingerprint density at radius 2 is 1.84 bits per heavy atom. The molecule has 0 radical (unpaired) electrons. The van der Waals surface area contributed by atoms with Crippen LogP contribution in [0.4, 0.5) is 0 Å². The fourth-order valence-electron chi connectivity index (χ4n) is 3.46. The predicted octanol–water partition coefficient (Wildman–Crippen LogP) is 3.77. The average molecular weight is 356 g/mol. The number of thioether (sulfide) groups is 1. The molecule has 2 fully saturated rings. The average Bonchev–Trinajstić information content (AvgIpc) is 3.43. The maximum absolute atomic E-state index is 13.3. The van der Waals surface area contributed by atoms with Gasteiger partial charge in [-0.05, 0) is 44.6 Å². The zero-order chi connectivity index (χ0) is 17.2. The molecular weight excluding hydrogens is 332 g/mol. The van der Waals surface area contributed by atoms with Crippen LogP contribution in [-0.2, 0) is 4.79 Å². The van der Waals surface area contributed by atoms with E-state index in [1.807, 2.05) is 42.2 Å². The predicted molar refractivity (Wildman–Crippen MR) is 98.5 cm³/mol. The smallest absolute Gasteiger partial charge is 0.240 e. The van der Waals surface area contributed by atoms with Crippen molar-refractivity contribution in [3.63, 3.8) is 0 Å². The Hall–Kier alpha value is -1.82. The molecular formula is C19H24N4OS. The van der Waals surface area contributed by atoms with Crippen molar-refractivity contribution in [1.29, 1.82) is 0 Å². The van der Waals surface area contributed by atoms with Gasteiger partial charge in [0, 0.05) is 19.1 Å². The molecule has 2 aromatic rings. The minimum absolute atomic E-state index is 0.207. The summed E-state index contributed by atoms with van der Waals surface area (Å²) < 4.78 is 2.21. The van der Waals surface area contributed by atoms with Gasteiger partial charge in [0.05, 0.1) is 0 Å². The number of carbonyl (C=O) groups is 1. The molecule has 2 heterocycles. The second-order valence-corrected chi connectivity index (χ2v) is 8.00. The van der Waals surface area contributed by atoms with Gasteiger partial charge in [0.25, 0.3) is 0 Å². The van der Waals surface area contributed by atoms with Crippen LogP contribution in [0.2, 0.25) is 0 Å². The Bertz CT molecular complexity index is 735. The molecule has 0 unspecified atom stereocenters. The second-order valence-electron chi connectivity index (χ2n) is 6.93. The molecule has 1 aromatic heterocycles. The zero-order valence-corrected chi connectivity index (χ0v) is 15.4. The third-order valence-electron chi connectivity index (χ3n) is 4.96. The lowest BCUT2D eigenvalue weighted by Crippen LogP contribution is -2.38. The van der Waals surface area contributed by atoms with Crippen LogP contribution in [0.25, 0.3) is 0 Å². The molecule has 4 rings (SSSR count). The van der Waals surface area contributed by atoms with Gasteiger partial charge in [-0.15, -0.1) is 10.2 Å². The summed E-state index contributed by atoms with van der Waals surface area (Å²) in [5, 5.41) is 9.26. The van der Waals surface area contributed by atoms with Gasteiger partial charge in [-0.25, -0.2) is 0 Å². The third kappa shape index (κ3) is 3.59. The number of carbonyl (C=O) groups excluding carboxylic acids is 1. The Balaban J connectivity index is 1.62. The lowest BCUT2D eigenvalue weighted by atomic mass is 10.1. The van der Waals surface area contributed by atoms with Crippen molar-refractivity contribution >= 4 is 17.7 Å². The summed E-state index contributed by atoms with van der Waals surface area (Å²) in [6, 6.07) is 10.6. The van der Waals surface area contributed by atoms with Crippen molar-refractivity contribution < 1.29 is 4.79 Å². The topological polar surface area (TPSA) is 51.0 Å². The van der Waals surface area contributed by atoms with Gasteiger partial charge in [0.1, 0.15) is 11.1 Å². The molecule has 2 aliphatic rings. The van der Waals surface area contributed by atoms with Crippen LogP contribution in [0.5, 0.6) is 0 Å². The van der Waals surface area contributed by atoms with Crippen LogP contribution in [0.15, 0.2) is 35.5 Å². The summed E-state index contributed by atoms with van der Waals surface area (Å²) in [6.07, 6.45) is 5.80. The van der Waals surface area contributed by atoms with Crippen molar-refractivity contribution in [3.05, 3.63) is 41.7 Å². The molecule has 5 nitrogen and oxygen atoms in total.